The summed E-state index contributed by atoms with van der Waals surface area (Å²) in [5.74, 6) is 0.0667. The number of fused-ring (bicyclic) bond motifs is 1. The van der Waals surface area contributed by atoms with Crippen LogP contribution < -0.4 is 14.5 Å². The number of aliphatic carboxylic acids is 1. The molecule has 0 atom stereocenters. The van der Waals surface area contributed by atoms with Gasteiger partial charge in [-0.1, -0.05) is 30.3 Å². The van der Waals surface area contributed by atoms with Crippen molar-refractivity contribution in [3.8, 4) is 5.75 Å². The third-order valence-corrected chi connectivity index (χ3v) is 5.44. The first-order valence-electron chi connectivity index (χ1n) is 9.90. The van der Waals surface area contributed by atoms with E-state index in [-0.39, 0.29) is 24.0 Å². The Hall–Kier alpha value is -3.65. The average molecular weight is 436 g/mol. The summed E-state index contributed by atoms with van der Waals surface area (Å²) in [6, 6.07) is 16.8. The summed E-state index contributed by atoms with van der Waals surface area (Å²) in [6.45, 7) is 2.80. The first-order valence-corrected chi connectivity index (χ1v) is 10.3. The number of carbonyl (C=O) groups is 2. The monoisotopic (exact) mass is 435 g/mol. The van der Waals surface area contributed by atoms with Crippen molar-refractivity contribution in [1.82, 2.24) is 4.90 Å². The largest absolute Gasteiger partial charge is 0.481 e. The highest BCUT2D eigenvalue weighted by Crippen LogP contribution is 2.38. The summed E-state index contributed by atoms with van der Waals surface area (Å²) in [5, 5.41) is 9.39. The van der Waals surface area contributed by atoms with E-state index in [9.17, 15) is 9.59 Å². The Balaban J connectivity index is 1.69. The van der Waals surface area contributed by atoms with Crippen LogP contribution in [0.15, 0.2) is 78.3 Å². The van der Waals surface area contributed by atoms with E-state index in [4.69, 9.17) is 22.1 Å². The van der Waals surface area contributed by atoms with Crippen molar-refractivity contribution in [2.75, 3.05) is 22.9 Å². The van der Waals surface area contributed by atoms with E-state index >= 15 is 0 Å². The Morgan fingerprint density at radius 3 is 2.48 bits per heavy atom. The van der Waals surface area contributed by atoms with Gasteiger partial charge in [-0.3, -0.25) is 14.5 Å². The second-order valence-corrected chi connectivity index (χ2v) is 7.29. The fourth-order valence-electron chi connectivity index (χ4n) is 3.58. The van der Waals surface area contributed by atoms with Crippen molar-refractivity contribution in [2.45, 2.75) is 13.3 Å². The van der Waals surface area contributed by atoms with Gasteiger partial charge in [0.2, 0.25) is 5.88 Å². The molecular weight excluding hydrogens is 414 g/mol. The zero-order chi connectivity index (χ0) is 22.0. The number of hydrogen-bond acceptors (Lipinski definition) is 5. The lowest BCUT2D eigenvalue weighted by atomic mass is 10.2. The molecule has 2 heterocycles. The SMILES string of the molecule is CCN1C(=CC=C2C(=O)N(c3ccccc3)C(=S)N2CCC(=O)O)Oc2ccccc21. The van der Waals surface area contributed by atoms with Gasteiger partial charge in [-0.25, -0.2) is 0 Å². The predicted octanol–water partition coefficient (Wildman–Crippen LogP) is 3.74. The highest BCUT2D eigenvalue weighted by molar-refractivity contribution is 7.80. The fourth-order valence-corrected chi connectivity index (χ4v) is 3.96. The first-order chi connectivity index (χ1) is 15.0. The smallest absolute Gasteiger partial charge is 0.305 e. The second-order valence-electron chi connectivity index (χ2n) is 6.92. The van der Waals surface area contributed by atoms with Gasteiger partial charge >= 0.3 is 5.97 Å². The minimum atomic E-state index is -0.960. The number of thiocarbonyl (C=S) groups is 1. The molecule has 2 aliphatic heterocycles. The van der Waals surface area contributed by atoms with E-state index in [2.05, 4.69) is 0 Å². The maximum Gasteiger partial charge on any atom is 0.305 e. The number of rotatable bonds is 6. The van der Waals surface area contributed by atoms with Crippen LogP contribution in [-0.4, -0.2) is 40.1 Å². The van der Waals surface area contributed by atoms with Gasteiger partial charge in [0.25, 0.3) is 5.91 Å². The van der Waals surface area contributed by atoms with Gasteiger partial charge < -0.3 is 19.6 Å². The van der Waals surface area contributed by atoms with Crippen LogP contribution in [0.1, 0.15) is 13.3 Å². The topological polar surface area (TPSA) is 73.3 Å². The van der Waals surface area contributed by atoms with Crippen molar-refractivity contribution in [2.24, 2.45) is 0 Å². The molecule has 0 unspecified atom stereocenters. The number of carbonyl (C=O) groups excluding carboxylic acids is 1. The predicted molar refractivity (Wildman–Crippen MR) is 122 cm³/mol. The van der Waals surface area contributed by atoms with E-state index in [1.54, 1.807) is 29.2 Å². The summed E-state index contributed by atoms with van der Waals surface area (Å²) in [4.78, 5) is 29.4. The standard InChI is InChI=1S/C23H21N3O4S/c1-2-24-17-10-6-7-11-19(17)30-20(24)13-12-18-22(29)26(16-8-4-3-5-9-16)23(31)25(18)15-14-21(27)28/h3-13H,2,14-15H2,1H3,(H,27,28). The molecule has 8 heteroatoms. The molecular formula is C23H21N3O4S. The number of hydrogen-bond donors (Lipinski definition) is 1. The lowest BCUT2D eigenvalue weighted by Crippen LogP contribution is -2.33. The molecule has 31 heavy (non-hydrogen) atoms. The van der Waals surface area contributed by atoms with Crippen LogP contribution in [0.5, 0.6) is 5.75 Å². The van der Waals surface area contributed by atoms with Gasteiger partial charge in [0.1, 0.15) is 5.70 Å². The van der Waals surface area contributed by atoms with E-state index in [0.717, 1.165) is 11.4 Å². The highest BCUT2D eigenvalue weighted by atomic mass is 32.1. The molecule has 0 aliphatic carbocycles. The molecule has 2 aliphatic rings. The Morgan fingerprint density at radius 1 is 1.06 bits per heavy atom. The first kappa shape index (κ1) is 20.6. The lowest BCUT2D eigenvalue weighted by Gasteiger charge is -2.19. The molecule has 1 amide bonds. The number of amides is 1. The van der Waals surface area contributed by atoms with E-state index < -0.39 is 5.97 Å². The third kappa shape index (κ3) is 3.89. The Kier molecular flexibility index (Phi) is 5.73. The molecule has 1 saturated heterocycles. The zero-order valence-electron chi connectivity index (χ0n) is 16.9. The van der Waals surface area contributed by atoms with Crippen molar-refractivity contribution in [3.05, 3.63) is 78.3 Å². The number of carboxylic acids is 1. The maximum atomic E-state index is 13.2. The minimum absolute atomic E-state index is 0.0941. The molecule has 0 radical (unpaired) electrons. The summed E-state index contributed by atoms with van der Waals surface area (Å²) >= 11 is 5.54. The van der Waals surface area contributed by atoms with E-state index in [0.29, 0.717) is 23.8 Å². The van der Waals surface area contributed by atoms with Crippen molar-refractivity contribution < 1.29 is 19.4 Å². The Bertz CT molecular complexity index is 1100. The molecule has 0 spiro atoms. The number of ether oxygens (including phenoxy) is 1. The van der Waals surface area contributed by atoms with Gasteiger partial charge in [-0.2, -0.15) is 0 Å². The molecule has 0 aromatic heterocycles. The number of nitrogens with zero attached hydrogens (tertiary/aromatic N) is 3. The molecule has 0 bridgehead atoms. The second kappa shape index (κ2) is 8.61. The summed E-state index contributed by atoms with van der Waals surface area (Å²) in [5.41, 5.74) is 1.89. The van der Waals surface area contributed by atoms with E-state index in [1.165, 1.54) is 4.90 Å². The number of allylic oxidation sites excluding steroid dienone is 2. The quantitative estimate of drug-likeness (QED) is 0.547. The van der Waals surface area contributed by atoms with E-state index in [1.807, 2.05) is 54.3 Å². The molecule has 0 saturated carbocycles. The van der Waals surface area contributed by atoms with Gasteiger partial charge in [-0.15, -0.1) is 0 Å². The van der Waals surface area contributed by atoms with Gasteiger partial charge in [-0.05, 0) is 49.5 Å². The van der Waals surface area contributed by atoms with Gasteiger partial charge in [0.05, 0.1) is 17.8 Å². The van der Waals surface area contributed by atoms with Crippen LogP contribution >= 0.6 is 12.2 Å². The lowest BCUT2D eigenvalue weighted by molar-refractivity contribution is -0.137. The molecule has 2 aromatic carbocycles. The van der Waals surface area contributed by atoms with Gasteiger partial charge in [0, 0.05) is 19.2 Å². The highest BCUT2D eigenvalue weighted by Gasteiger charge is 2.39. The molecule has 7 nitrogen and oxygen atoms in total. The molecule has 158 valence electrons. The van der Waals surface area contributed by atoms with Crippen molar-refractivity contribution >= 4 is 40.6 Å². The zero-order valence-corrected chi connectivity index (χ0v) is 17.7. The molecule has 1 N–H and O–H groups in total. The molecule has 1 fully saturated rings. The Labute approximate surface area is 185 Å². The summed E-state index contributed by atoms with van der Waals surface area (Å²) < 4.78 is 5.95. The maximum absolute atomic E-state index is 13.2. The normalized spacial score (nSPS) is 18.2. The van der Waals surface area contributed by atoms with Crippen molar-refractivity contribution in [1.29, 1.82) is 0 Å². The van der Waals surface area contributed by atoms with Crippen LogP contribution in [-0.2, 0) is 9.59 Å². The van der Waals surface area contributed by atoms with Crippen LogP contribution in [0.2, 0.25) is 0 Å². The number of anilines is 2. The number of benzene rings is 2. The molecule has 4 rings (SSSR count). The minimum Gasteiger partial charge on any atom is -0.481 e. The average Bonchev–Trinajstić information content (AvgIpc) is 3.24. The van der Waals surface area contributed by atoms with Crippen LogP contribution in [0.4, 0.5) is 11.4 Å². The molecule has 2 aromatic rings. The van der Waals surface area contributed by atoms with Crippen molar-refractivity contribution in [3.63, 3.8) is 0 Å². The Morgan fingerprint density at radius 2 is 1.77 bits per heavy atom. The summed E-state index contributed by atoms with van der Waals surface area (Å²) in [7, 11) is 0. The van der Waals surface area contributed by atoms with Crippen LogP contribution in [0.3, 0.4) is 0 Å². The van der Waals surface area contributed by atoms with Crippen LogP contribution in [0.25, 0.3) is 0 Å². The fraction of sp³-hybridized carbons (Fsp3) is 0.174. The number of carboxylic acid groups (broad SMARTS) is 1. The summed E-state index contributed by atoms with van der Waals surface area (Å²) in [6.07, 6.45) is 3.22. The third-order valence-electron chi connectivity index (χ3n) is 5.04. The number of para-hydroxylation sites is 3. The van der Waals surface area contributed by atoms with Crippen LogP contribution in [0, 0.1) is 0 Å². The van der Waals surface area contributed by atoms with Gasteiger partial charge in [0.15, 0.2) is 10.9 Å².